The molecule has 0 radical (unpaired) electrons. The minimum Gasteiger partial charge on any atom is -0.489 e. The van der Waals surface area contributed by atoms with Gasteiger partial charge in [0.25, 0.3) is 5.91 Å². The fraction of sp³-hybridized carbons (Fsp3) is 0.333. The van der Waals surface area contributed by atoms with Crippen molar-refractivity contribution in [3.63, 3.8) is 0 Å². The molecule has 0 heterocycles. The van der Waals surface area contributed by atoms with E-state index in [1.54, 1.807) is 0 Å². The molecule has 0 aliphatic heterocycles. The Morgan fingerprint density at radius 3 is 2.48 bits per heavy atom. The summed E-state index contributed by atoms with van der Waals surface area (Å²) in [6.07, 6.45) is -4.50. The van der Waals surface area contributed by atoms with Crippen LogP contribution in [0.5, 0.6) is 5.75 Å². The Labute approximate surface area is 182 Å². The van der Waals surface area contributed by atoms with Crippen LogP contribution in [0.3, 0.4) is 0 Å². The third-order valence-electron chi connectivity index (χ3n) is 3.81. The molecule has 0 saturated heterocycles. The lowest BCUT2D eigenvalue weighted by Gasteiger charge is -2.15. The summed E-state index contributed by atoms with van der Waals surface area (Å²) in [6, 6.07) is 12.2. The zero-order valence-corrected chi connectivity index (χ0v) is 17.6. The molecule has 31 heavy (non-hydrogen) atoms. The standard InChI is InChI=1S/C21H22F3NO5S/c1-28-10-11-29-18-8-7-15(21(22,23)24)13-17(18)25-19(26)14-30-20(27)9-12-31-16-5-3-2-4-6-16/h2-8,13H,9-12,14H2,1H3,(H,25,26). The number of carbonyl (C=O) groups excluding carboxylic acids is 2. The lowest BCUT2D eigenvalue weighted by molar-refractivity contribution is -0.146. The number of methoxy groups -OCH3 is 1. The van der Waals surface area contributed by atoms with E-state index >= 15 is 0 Å². The third kappa shape index (κ3) is 8.89. The van der Waals surface area contributed by atoms with Crippen molar-refractivity contribution in [3.05, 3.63) is 54.1 Å². The number of esters is 1. The van der Waals surface area contributed by atoms with Crippen LogP contribution in [0.15, 0.2) is 53.4 Å². The van der Waals surface area contributed by atoms with E-state index in [-0.39, 0.29) is 31.1 Å². The number of thioether (sulfide) groups is 1. The Kier molecular flexibility index (Phi) is 9.67. The molecule has 0 fully saturated rings. The SMILES string of the molecule is COCCOc1ccc(C(F)(F)F)cc1NC(=O)COC(=O)CCSc1ccccc1. The van der Waals surface area contributed by atoms with Gasteiger partial charge in [-0.15, -0.1) is 11.8 Å². The van der Waals surface area contributed by atoms with Crippen molar-refractivity contribution in [1.29, 1.82) is 0 Å². The molecular formula is C21H22F3NO5S. The van der Waals surface area contributed by atoms with Crippen molar-refractivity contribution < 1.29 is 37.0 Å². The molecule has 0 bridgehead atoms. The van der Waals surface area contributed by atoms with Gasteiger partial charge in [0.1, 0.15) is 12.4 Å². The minimum absolute atomic E-state index is 0.0454. The molecular weight excluding hydrogens is 435 g/mol. The molecule has 10 heteroatoms. The smallest absolute Gasteiger partial charge is 0.416 e. The average molecular weight is 457 g/mol. The number of carbonyl (C=O) groups is 2. The van der Waals surface area contributed by atoms with E-state index < -0.39 is 30.2 Å². The number of ether oxygens (including phenoxy) is 3. The van der Waals surface area contributed by atoms with Gasteiger partial charge in [0.05, 0.1) is 24.3 Å². The highest BCUT2D eigenvalue weighted by atomic mass is 32.2. The van der Waals surface area contributed by atoms with Crippen molar-refractivity contribution in [1.82, 2.24) is 0 Å². The average Bonchev–Trinajstić information content (AvgIpc) is 2.73. The van der Waals surface area contributed by atoms with Crippen LogP contribution in [-0.2, 0) is 25.2 Å². The number of anilines is 1. The van der Waals surface area contributed by atoms with Gasteiger partial charge in [0.15, 0.2) is 6.61 Å². The number of benzene rings is 2. The number of alkyl halides is 3. The molecule has 2 aromatic carbocycles. The van der Waals surface area contributed by atoms with Gasteiger partial charge >= 0.3 is 12.1 Å². The van der Waals surface area contributed by atoms with Crippen LogP contribution < -0.4 is 10.1 Å². The first-order chi connectivity index (χ1) is 14.8. The van der Waals surface area contributed by atoms with Gasteiger partial charge < -0.3 is 19.5 Å². The van der Waals surface area contributed by atoms with Gasteiger partial charge in [0.2, 0.25) is 0 Å². The van der Waals surface area contributed by atoms with E-state index in [4.69, 9.17) is 14.2 Å². The number of hydrogen-bond acceptors (Lipinski definition) is 6. The lowest BCUT2D eigenvalue weighted by Crippen LogP contribution is -2.22. The minimum atomic E-state index is -4.59. The Hall–Kier alpha value is -2.72. The van der Waals surface area contributed by atoms with Crippen LogP contribution in [0.2, 0.25) is 0 Å². The van der Waals surface area contributed by atoms with E-state index in [0.29, 0.717) is 5.75 Å². The molecule has 0 aromatic heterocycles. The number of amides is 1. The first-order valence-electron chi connectivity index (χ1n) is 9.26. The number of rotatable bonds is 11. The van der Waals surface area contributed by atoms with Crippen molar-refractivity contribution in [2.45, 2.75) is 17.5 Å². The van der Waals surface area contributed by atoms with Crippen LogP contribution in [0, 0.1) is 0 Å². The largest absolute Gasteiger partial charge is 0.489 e. The molecule has 0 aliphatic carbocycles. The Morgan fingerprint density at radius 1 is 1.06 bits per heavy atom. The third-order valence-corrected chi connectivity index (χ3v) is 4.82. The zero-order chi connectivity index (χ0) is 22.7. The highest BCUT2D eigenvalue weighted by molar-refractivity contribution is 7.99. The normalized spacial score (nSPS) is 11.1. The molecule has 0 aliphatic rings. The van der Waals surface area contributed by atoms with Crippen LogP contribution in [-0.4, -0.2) is 44.6 Å². The topological polar surface area (TPSA) is 73.9 Å². The molecule has 0 unspecified atom stereocenters. The summed E-state index contributed by atoms with van der Waals surface area (Å²) in [5, 5.41) is 2.30. The first-order valence-corrected chi connectivity index (χ1v) is 10.2. The highest BCUT2D eigenvalue weighted by Gasteiger charge is 2.31. The molecule has 0 saturated carbocycles. The van der Waals surface area contributed by atoms with E-state index in [1.807, 2.05) is 30.3 Å². The molecule has 2 rings (SSSR count). The molecule has 0 spiro atoms. The first kappa shape index (κ1) is 24.5. The second-order valence-corrected chi connectivity index (χ2v) is 7.34. The fourth-order valence-corrected chi connectivity index (χ4v) is 3.19. The summed E-state index contributed by atoms with van der Waals surface area (Å²) in [7, 11) is 1.45. The van der Waals surface area contributed by atoms with Crippen molar-refractivity contribution in [2.75, 3.05) is 38.0 Å². The van der Waals surface area contributed by atoms with E-state index in [9.17, 15) is 22.8 Å². The fourth-order valence-electron chi connectivity index (χ4n) is 2.34. The summed E-state index contributed by atoms with van der Waals surface area (Å²) in [5.74, 6) is -0.849. The van der Waals surface area contributed by atoms with Gasteiger partial charge in [-0.05, 0) is 30.3 Å². The maximum atomic E-state index is 13.0. The molecule has 6 nitrogen and oxygen atoms in total. The predicted molar refractivity (Wildman–Crippen MR) is 110 cm³/mol. The number of halogens is 3. The molecule has 1 N–H and O–H groups in total. The van der Waals surface area contributed by atoms with E-state index in [0.717, 1.165) is 23.1 Å². The zero-order valence-electron chi connectivity index (χ0n) is 16.7. The lowest BCUT2D eigenvalue weighted by atomic mass is 10.1. The summed E-state index contributed by atoms with van der Waals surface area (Å²) in [6.45, 7) is -0.325. The van der Waals surface area contributed by atoms with E-state index in [2.05, 4.69) is 5.32 Å². The summed E-state index contributed by atoms with van der Waals surface area (Å²) < 4.78 is 54.1. The monoisotopic (exact) mass is 457 g/mol. The van der Waals surface area contributed by atoms with Crippen LogP contribution >= 0.6 is 11.8 Å². The molecule has 0 atom stereocenters. The Balaban J connectivity index is 1.88. The molecule has 2 aromatic rings. The van der Waals surface area contributed by atoms with Crippen molar-refractivity contribution in [3.8, 4) is 5.75 Å². The van der Waals surface area contributed by atoms with Crippen LogP contribution in [0.25, 0.3) is 0 Å². The Bertz CT molecular complexity index is 862. The highest BCUT2D eigenvalue weighted by Crippen LogP contribution is 2.35. The summed E-state index contributed by atoms with van der Waals surface area (Å²) >= 11 is 1.47. The van der Waals surface area contributed by atoms with Gasteiger partial charge in [-0.1, -0.05) is 18.2 Å². The predicted octanol–water partition coefficient (Wildman–Crippen LogP) is 4.39. The van der Waals surface area contributed by atoms with Crippen LogP contribution in [0.4, 0.5) is 18.9 Å². The Morgan fingerprint density at radius 2 is 1.81 bits per heavy atom. The summed E-state index contributed by atoms with van der Waals surface area (Å²) in [5.41, 5.74) is -1.12. The van der Waals surface area contributed by atoms with Gasteiger partial charge in [-0.3, -0.25) is 9.59 Å². The maximum absolute atomic E-state index is 13.0. The van der Waals surface area contributed by atoms with E-state index in [1.165, 1.54) is 18.9 Å². The second kappa shape index (κ2) is 12.2. The summed E-state index contributed by atoms with van der Waals surface area (Å²) in [4.78, 5) is 24.9. The molecule has 168 valence electrons. The van der Waals surface area contributed by atoms with Gasteiger partial charge in [-0.2, -0.15) is 13.2 Å². The van der Waals surface area contributed by atoms with Crippen LogP contribution in [0.1, 0.15) is 12.0 Å². The van der Waals surface area contributed by atoms with Gasteiger partial charge in [0, 0.05) is 17.8 Å². The quantitative estimate of drug-likeness (QED) is 0.306. The van der Waals surface area contributed by atoms with Crippen molar-refractivity contribution >= 4 is 29.3 Å². The second-order valence-electron chi connectivity index (χ2n) is 6.17. The molecule has 1 amide bonds. The number of nitrogens with one attached hydrogen (secondary N) is 1. The maximum Gasteiger partial charge on any atom is 0.416 e. The van der Waals surface area contributed by atoms with Crippen molar-refractivity contribution in [2.24, 2.45) is 0 Å². The number of hydrogen-bond donors (Lipinski definition) is 1. The van der Waals surface area contributed by atoms with Gasteiger partial charge in [-0.25, -0.2) is 0 Å².